The van der Waals surface area contributed by atoms with E-state index in [1.165, 1.54) is 0 Å². The molecule has 1 aliphatic rings. The summed E-state index contributed by atoms with van der Waals surface area (Å²) in [5.74, 6) is 0.0429. The molecule has 0 saturated carbocycles. The molecular formula is C12H14O3S. The number of benzene rings is 1. The molecule has 1 aromatic rings. The van der Waals surface area contributed by atoms with E-state index in [2.05, 4.69) is 0 Å². The predicted octanol–water partition coefficient (Wildman–Crippen LogP) is 1.55. The van der Waals surface area contributed by atoms with Crippen molar-refractivity contribution in [3.63, 3.8) is 0 Å². The Morgan fingerprint density at radius 1 is 1.31 bits per heavy atom. The molecule has 1 aliphatic carbocycles. The Balaban J connectivity index is 2.46. The van der Waals surface area contributed by atoms with Crippen LogP contribution < -0.4 is 0 Å². The van der Waals surface area contributed by atoms with Gasteiger partial charge in [-0.05, 0) is 11.1 Å². The van der Waals surface area contributed by atoms with E-state index < -0.39 is 21.2 Å². The van der Waals surface area contributed by atoms with E-state index >= 15 is 0 Å². The average Bonchev–Trinajstić information content (AvgIpc) is 2.29. The summed E-state index contributed by atoms with van der Waals surface area (Å²) in [6.07, 6.45) is 2.39. The van der Waals surface area contributed by atoms with Crippen LogP contribution in [0, 0.1) is 0 Å². The van der Waals surface area contributed by atoms with Crippen LogP contribution in [0.25, 0.3) is 6.08 Å². The van der Waals surface area contributed by atoms with Gasteiger partial charge in [-0.3, -0.25) is 0 Å². The van der Waals surface area contributed by atoms with Gasteiger partial charge < -0.3 is 5.11 Å². The third kappa shape index (κ3) is 1.79. The SMILES string of the molecule is CCS(=O)(=O)[C@@H]1C=Cc2ccccc2[C@@H]1O. The summed E-state index contributed by atoms with van der Waals surface area (Å²) in [4.78, 5) is 0. The molecule has 4 heteroatoms. The topological polar surface area (TPSA) is 54.4 Å². The van der Waals surface area contributed by atoms with Crippen LogP contribution in [0.1, 0.15) is 24.2 Å². The van der Waals surface area contributed by atoms with E-state index in [9.17, 15) is 13.5 Å². The van der Waals surface area contributed by atoms with Gasteiger partial charge in [-0.15, -0.1) is 0 Å². The number of hydrogen-bond donors (Lipinski definition) is 1. The fourth-order valence-electron chi connectivity index (χ4n) is 1.92. The van der Waals surface area contributed by atoms with Crippen LogP contribution in [0.2, 0.25) is 0 Å². The lowest BCUT2D eigenvalue weighted by Crippen LogP contribution is -2.30. The highest BCUT2D eigenvalue weighted by molar-refractivity contribution is 7.92. The van der Waals surface area contributed by atoms with Crippen LogP contribution in [0.5, 0.6) is 0 Å². The van der Waals surface area contributed by atoms with Crippen LogP contribution in [-0.2, 0) is 9.84 Å². The van der Waals surface area contributed by atoms with Gasteiger partial charge >= 0.3 is 0 Å². The smallest absolute Gasteiger partial charge is 0.159 e. The number of sulfone groups is 1. The first kappa shape index (κ1) is 11.4. The highest BCUT2D eigenvalue weighted by Crippen LogP contribution is 2.31. The summed E-state index contributed by atoms with van der Waals surface area (Å²) >= 11 is 0. The molecule has 2 atom stereocenters. The lowest BCUT2D eigenvalue weighted by atomic mass is 9.95. The first-order chi connectivity index (χ1) is 7.56. The van der Waals surface area contributed by atoms with E-state index in [0.717, 1.165) is 5.56 Å². The molecule has 0 radical (unpaired) electrons. The Labute approximate surface area is 95.3 Å². The zero-order valence-electron chi connectivity index (χ0n) is 9.00. The summed E-state index contributed by atoms with van der Waals surface area (Å²) in [5, 5.41) is 9.24. The van der Waals surface area contributed by atoms with Crippen molar-refractivity contribution in [1.29, 1.82) is 0 Å². The minimum atomic E-state index is -3.25. The fourth-order valence-corrected chi connectivity index (χ4v) is 3.16. The van der Waals surface area contributed by atoms with Crippen LogP contribution in [0.15, 0.2) is 30.3 Å². The molecule has 3 nitrogen and oxygen atoms in total. The van der Waals surface area contributed by atoms with Crippen molar-refractivity contribution in [1.82, 2.24) is 0 Å². The monoisotopic (exact) mass is 238 g/mol. The second-order valence-corrected chi connectivity index (χ2v) is 6.30. The maximum atomic E-state index is 11.8. The quantitative estimate of drug-likeness (QED) is 0.850. The highest BCUT2D eigenvalue weighted by atomic mass is 32.2. The fraction of sp³-hybridized carbons (Fsp3) is 0.333. The maximum absolute atomic E-state index is 11.8. The summed E-state index contributed by atoms with van der Waals surface area (Å²) < 4.78 is 23.5. The molecule has 0 aromatic heterocycles. The van der Waals surface area contributed by atoms with Crippen LogP contribution in [0.4, 0.5) is 0 Å². The van der Waals surface area contributed by atoms with Crippen molar-refractivity contribution in [2.45, 2.75) is 18.3 Å². The van der Waals surface area contributed by atoms with E-state index in [-0.39, 0.29) is 5.75 Å². The third-order valence-electron chi connectivity index (χ3n) is 2.91. The minimum Gasteiger partial charge on any atom is -0.387 e. The Kier molecular flexibility index (Phi) is 2.86. The largest absolute Gasteiger partial charge is 0.387 e. The summed E-state index contributed by atoms with van der Waals surface area (Å²) in [6.45, 7) is 1.59. The van der Waals surface area contributed by atoms with E-state index in [4.69, 9.17) is 0 Å². The van der Waals surface area contributed by atoms with Gasteiger partial charge in [0.1, 0.15) is 5.25 Å². The molecule has 0 aliphatic heterocycles. The van der Waals surface area contributed by atoms with Gasteiger partial charge in [-0.1, -0.05) is 43.3 Å². The standard InChI is InChI=1S/C12H14O3S/c1-2-16(14,15)11-8-7-9-5-3-4-6-10(9)12(11)13/h3-8,11-13H,2H2,1H3/t11-,12+/m1/s1. The molecule has 0 heterocycles. The van der Waals surface area contributed by atoms with E-state index in [1.54, 1.807) is 31.2 Å². The zero-order chi connectivity index (χ0) is 11.8. The Bertz CT molecular complexity index is 517. The molecule has 0 unspecified atom stereocenters. The zero-order valence-corrected chi connectivity index (χ0v) is 9.81. The normalized spacial score (nSPS) is 24.1. The second kappa shape index (κ2) is 4.03. The summed E-state index contributed by atoms with van der Waals surface area (Å²) in [5.41, 5.74) is 1.57. The third-order valence-corrected chi connectivity index (χ3v) is 4.96. The molecule has 0 spiro atoms. The Morgan fingerprint density at radius 2 is 2.00 bits per heavy atom. The Hall–Kier alpha value is -1.13. The van der Waals surface area contributed by atoms with Gasteiger partial charge in [0.25, 0.3) is 0 Å². The lowest BCUT2D eigenvalue weighted by Gasteiger charge is -2.25. The number of aliphatic hydroxyl groups is 1. The van der Waals surface area contributed by atoms with Gasteiger partial charge in [-0.2, -0.15) is 0 Å². The van der Waals surface area contributed by atoms with Gasteiger partial charge in [0, 0.05) is 5.75 Å². The molecule has 1 aromatic carbocycles. The minimum absolute atomic E-state index is 0.0429. The number of rotatable bonds is 2. The van der Waals surface area contributed by atoms with Gasteiger partial charge in [0.2, 0.25) is 0 Å². The number of hydrogen-bond acceptors (Lipinski definition) is 3. The lowest BCUT2D eigenvalue weighted by molar-refractivity contribution is 0.182. The molecule has 1 N–H and O–H groups in total. The number of fused-ring (bicyclic) bond motifs is 1. The van der Waals surface area contributed by atoms with Crippen molar-refractivity contribution in [2.24, 2.45) is 0 Å². The molecule has 0 bridgehead atoms. The highest BCUT2D eigenvalue weighted by Gasteiger charge is 2.32. The molecule has 16 heavy (non-hydrogen) atoms. The molecule has 2 rings (SSSR count). The van der Waals surface area contributed by atoms with Gasteiger partial charge in [0.05, 0.1) is 6.10 Å². The van der Waals surface area contributed by atoms with Crippen LogP contribution >= 0.6 is 0 Å². The summed E-state index contributed by atoms with van der Waals surface area (Å²) in [6, 6.07) is 7.30. The maximum Gasteiger partial charge on any atom is 0.159 e. The van der Waals surface area contributed by atoms with Gasteiger partial charge in [-0.25, -0.2) is 8.42 Å². The molecule has 0 fully saturated rings. The van der Waals surface area contributed by atoms with Crippen molar-refractivity contribution in [2.75, 3.05) is 5.75 Å². The van der Waals surface area contributed by atoms with Gasteiger partial charge in [0.15, 0.2) is 9.84 Å². The predicted molar refractivity (Wildman–Crippen MR) is 63.7 cm³/mol. The first-order valence-electron chi connectivity index (χ1n) is 5.23. The van der Waals surface area contributed by atoms with Crippen molar-refractivity contribution < 1.29 is 13.5 Å². The van der Waals surface area contributed by atoms with Crippen molar-refractivity contribution in [3.05, 3.63) is 41.5 Å². The second-order valence-electron chi connectivity index (χ2n) is 3.85. The molecular weight excluding hydrogens is 224 g/mol. The van der Waals surface area contributed by atoms with E-state index in [0.29, 0.717) is 5.56 Å². The molecule has 86 valence electrons. The molecule has 0 saturated heterocycles. The van der Waals surface area contributed by atoms with Crippen molar-refractivity contribution in [3.8, 4) is 0 Å². The average molecular weight is 238 g/mol. The Morgan fingerprint density at radius 3 is 2.69 bits per heavy atom. The first-order valence-corrected chi connectivity index (χ1v) is 6.94. The van der Waals surface area contributed by atoms with Crippen molar-refractivity contribution >= 4 is 15.9 Å². The number of aliphatic hydroxyl groups excluding tert-OH is 1. The molecule has 0 amide bonds. The summed E-state index contributed by atoms with van der Waals surface area (Å²) in [7, 11) is -3.25. The van der Waals surface area contributed by atoms with Crippen LogP contribution in [-0.4, -0.2) is 24.5 Å². The van der Waals surface area contributed by atoms with Crippen LogP contribution in [0.3, 0.4) is 0 Å². The van der Waals surface area contributed by atoms with E-state index in [1.807, 2.05) is 12.1 Å².